The molecule has 3 fully saturated rings. The van der Waals surface area contributed by atoms with Gasteiger partial charge in [-0.3, -0.25) is 4.79 Å². The third-order valence-corrected chi connectivity index (χ3v) is 7.00. The molecule has 0 spiro atoms. The van der Waals surface area contributed by atoms with E-state index >= 15 is 0 Å². The number of hydrogen-bond acceptors (Lipinski definition) is 5. The van der Waals surface area contributed by atoms with Gasteiger partial charge in [0.05, 0.1) is 18.8 Å². The van der Waals surface area contributed by atoms with Crippen LogP contribution in [0.3, 0.4) is 0 Å². The lowest BCUT2D eigenvalue weighted by molar-refractivity contribution is -0.131. The van der Waals surface area contributed by atoms with E-state index in [0.29, 0.717) is 45.8 Å². The Morgan fingerprint density at radius 3 is 2.20 bits per heavy atom. The van der Waals surface area contributed by atoms with Gasteiger partial charge in [0.2, 0.25) is 5.91 Å². The van der Waals surface area contributed by atoms with Crippen molar-refractivity contribution >= 4 is 16.1 Å². The quantitative estimate of drug-likeness (QED) is 0.677. The second kappa shape index (κ2) is 7.87. The Morgan fingerprint density at radius 2 is 1.64 bits per heavy atom. The summed E-state index contributed by atoms with van der Waals surface area (Å²) in [6.07, 6.45) is 2.32. The van der Waals surface area contributed by atoms with Gasteiger partial charge < -0.3 is 15.0 Å². The zero-order chi connectivity index (χ0) is 18.0. The molecule has 2 saturated heterocycles. The molecule has 1 saturated carbocycles. The summed E-state index contributed by atoms with van der Waals surface area (Å²) in [7, 11) is -3.49. The maximum atomic E-state index is 12.8. The molecule has 0 aromatic carbocycles. The number of nitrogens with zero attached hydrogens (tertiary/aromatic N) is 3. The predicted molar refractivity (Wildman–Crippen MR) is 94.2 cm³/mol. The SMILES string of the molecule is CC1CN(S(=O)(=O)N2CCN(C(=O)CNCC3CC3)CC2)CC(C)O1. The minimum atomic E-state index is -3.49. The van der Waals surface area contributed by atoms with Crippen LogP contribution in [0.5, 0.6) is 0 Å². The number of amides is 1. The molecule has 3 rings (SSSR count). The van der Waals surface area contributed by atoms with E-state index in [1.54, 1.807) is 4.90 Å². The number of piperazine rings is 1. The van der Waals surface area contributed by atoms with Crippen LogP contribution in [0.4, 0.5) is 0 Å². The molecule has 0 aromatic heterocycles. The van der Waals surface area contributed by atoms with Gasteiger partial charge in [-0.25, -0.2) is 0 Å². The molecule has 2 aliphatic heterocycles. The highest BCUT2D eigenvalue weighted by atomic mass is 32.2. The van der Waals surface area contributed by atoms with E-state index in [1.807, 2.05) is 13.8 Å². The molecular formula is C16H30N4O4S. The second-order valence-electron chi connectivity index (χ2n) is 7.44. The van der Waals surface area contributed by atoms with Crippen LogP contribution in [0, 0.1) is 5.92 Å². The molecule has 1 N–H and O–H groups in total. The van der Waals surface area contributed by atoms with Crippen molar-refractivity contribution in [2.75, 3.05) is 52.4 Å². The van der Waals surface area contributed by atoms with Gasteiger partial charge in [-0.05, 0) is 39.2 Å². The first-order valence-corrected chi connectivity index (χ1v) is 10.6. The molecule has 0 aromatic rings. The van der Waals surface area contributed by atoms with Crippen molar-refractivity contribution in [3.8, 4) is 0 Å². The van der Waals surface area contributed by atoms with Crippen LogP contribution in [-0.4, -0.2) is 92.4 Å². The second-order valence-corrected chi connectivity index (χ2v) is 9.36. The van der Waals surface area contributed by atoms with Crippen molar-refractivity contribution in [1.82, 2.24) is 18.8 Å². The maximum Gasteiger partial charge on any atom is 0.282 e. The van der Waals surface area contributed by atoms with Gasteiger partial charge in [0.15, 0.2) is 0 Å². The Hall–Kier alpha value is -0.740. The third-order valence-electron chi connectivity index (χ3n) is 5.04. The Bertz CT molecular complexity index is 563. The minimum Gasteiger partial charge on any atom is -0.373 e. The van der Waals surface area contributed by atoms with Gasteiger partial charge in [-0.1, -0.05) is 0 Å². The van der Waals surface area contributed by atoms with Crippen molar-refractivity contribution in [2.24, 2.45) is 5.92 Å². The van der Waals surface area contributed by atoms with Gasteiger partial charge in [0.1, 0.15) is 0 Å². The topological polar surface area (TPSA) is 82.2 Å². The smallest absolute Gasteiger partial charge is 0.282 e. The first-order valence-electron chi connectivity index (χ1n) is 9.25. The van der Waals surface area contributed by atoms with E-state index in [1.165, 1.54) is 21.5 Å². The lowest BCUT2D eigenvalue weighted by Gasteiger charge is -2.40. The molecule has 9 heteroatoms. The summed E-state index contributed by atoms with van der Waals surface area (Å²) in [5.74, 6) is 0.805. The summed E-state index contributed by atoms with van der Waals surface area (Å²) in [6.45, 7) is 7.45. The zero-order valence-corrected chi connectivity index (χ0v) is 16.0. The summed E-state index contributed by atoms with van der Waals surface area (Å²) in [5, 5.41) is 3.20. The fourth-order valence-electron chi connectivity index (χ4n) is 3.47. The number of carbonyl (C=O) groups is 1. The summed E-state index contributed by atoms with van der Waals surface area (Å²) >= 11 is 0. The Balaban J connectivity index is 1.47. The molecule has 0 radical (unpaired) electrons. The molecule has 3 aliphatic rings. The van der Waals surface area contributed by atoms with Crippen molar-refractivity contribution in [3.05, 3.63) is 0 Å². The van der Waals surface area contributed by atoms with E-state index in [0.717, 1.165) is 12.5 Å². The average Bonchev–Trinajstić information content (AvgIpc) is 3.38. The van der Waals surface area contributed by atoms with Crippen LogP contribution in [0.1, 0.15) is 26.7 Å². The summed E-state index contributed by atoms with van der Waals surface area (Å²) in [5.41, 5.74) is 0. The number of ether oxygens (including phenoxy) is 1. The Kier molecular flexibility index (Phi) is 5.99. The van der Waals surface area contributed by atoms with E-state index in [4.69, 9.17) is 4.74 Å². The first-order chi connectivity index (χ1) is 11.9. The highest BCUT2D eigenvalue weighted by Gasteiger charge is 2.37. The summed E-state index contributed by atoms with van der Waals surface area (Å²) in [4.78, 5) is 14.0. The molecule has 2 heterocycles. The highest BCUT2D eigenvalue weighted by Crippen LogP contribution is 2.27. The van der Waals surface area contributed by atoms with Crippen LogP contribution < -0.4 is 5.32 Å². The largest absolute Gasteiger partial charge is 0.373 e. The maximum absolute atomic E-state index is 12.8. The van der Waals surface area contributed by atoms with E-state index in [2.05, 4.69) is 5.32 Å². The van der Waals surface area contributed by atoms with Gasteiger partial charge >= 0.3 is 0 Å². The normalized spacial score (nSPS) is 29.8. The van der Waals surface area contributed by atoms with Crippen molar-refractivity contribution in [1.29, 1.82) is 0 Å². The fourth-order valence-corrected chi connectivity index (χ4v) is 5.22. The minimum absolute atomic E-state index is 0.0614. The van der Waals surface area contributed by atoms with E-state index < -0.39 is 10.2 Å². The molecule has 2 atom stereocenters. The van der Waals surface area contributed by atoms with E-state index in [9.17, 15) is 13.2 Å². The molecule has 8 nitrogen and oxygen atoms in total. The number of rotatable bonds is 6. The summed E-state index contributed by atoms with van der Waals surface area (Å²) in [6, 6.07) is 0. The Labute approximate surface area is 150 Å². The van der Waals surface area contributed by atoms with Gasteiger partial charge in [-0.15, -0.1) is 0 Å². The molecule has 0 bridgehead atoms. The van der Waals surface area contributed by atoms with E-state index in [-0.39, 0.29) is 18.1 Å². The number of hydrogen-bond donors (Lipinski definition) is 1. The van der Waals surface area contributed by atoms with Gasteiger partial charge in [0, 0.05) is 39.3 Å². The third kappa shape index (κ3) is 4.91. The standard InChI is InChI=1S/C16H30N4O4S/c1-13-11-20(12-14(2)24-13)25(22,23)19-7-5-18(6-8-19)16(21)10-17-9-15-3-4-15/h13-15,17H,3-12H2,1-2H3. The van der Waals surface area contributed by atoms with Crippen molar-refractivity contribution in [3.63, 3.8) is 0 Å². The molecule has 25 heavy (non-hydrogen) atoms. The molecule has 2 unspecified atom stereocenters. The van der Waals surface area contributed by atoms with Crippen molar-refractivity contribution < 1.29 is 17.9 Å². The average molecular weight is 375 g/mol. The monoisotopic (exact) mass is 374 g/mol. The Morgan fingerprint density at radius 1 is 1.04 bits per heavy atom. The lowest BCUT2D eigenvalue weighted by atomic mass is 10.3. The molecule has 1 amide bonds. The fraction of sp³-hybridized carbons (Fsp3) is 0.938. The molecular weight excluding hydrogens is 344 g/mol. The van der Waals surface area contributed by atoms with Crippen LogP contribution in [0.15, 0.2) is 0 Å². The van der Waals surface area contributed by atoms with Crippen LogP contribution in [0.25, 0.3) is 0 Å². The zero-order valence-electron chi connectivity index (χ0n) is 15.2. The molecule has 144 valence electrons. The number of carbonyl (C=O) groups excluding carboxylic acids is 1. The van der Waals surface area contributed by atoms with Crippen LogP contribution in [0.2, 0.25) is 0 Å². The number of nitrogens with one attached hydrogen (secondary N) is 1. The summed E-state index contributed by atoms with van der Waals surface area (Å²) < 4.78 is 34.3. The molecule has 1 aliphatic carbocycles. The van der Waals surface area contributed by atoms with Crippen LogP contribution in [-0.2, 0) is 19.7 Å². The van der Waals surface area contributed by atoms with Gasteiger partial charge in [-0.2, -0.15) is 17.0 Å². The predicted octanol–water partition coefficient (Wildman–Crippen LogP) is -0.516. The highest BCUT2D eigenvalue weighted by molar-refractivity contribution is 7.86. The number of morpholine rings is 1. The van der Waals surface area contributed by atoms with Crippen molar-refractivity contribution in [2.45, 2.75) is 38.9 Å². The van der Waals surface area contributed by atoms with Crippen LogP contribution >= 0.6 is 0 Å². The first kappa shape index (κ1) is 19.0. The lowest BCUT2D eigenvalue weighted by Crippen LogP contribution is -2.58. The van der Waals surface area contributed by atoms with Gasteiger partial charge in [0.25, 0.3) is 10.2 Å².